The van der Waals surface area contributed by atoms with Crippen molar-refractivity contribution in [2.45, 2.75) is 65.0 Å². The zero-order chi connectivity index (χ0) is 24.2. The molecule has 1 atom stereocenters. The van der Waals surface area contributed by atoms with Gasteiger partial charge in [-0.3, -0.25) is 4.79 Å². The molecule has 0 saturated carbocycles. The Morgan fingerprint density at radius 1 is 1.21 bits per heavy atom. The van der Waals surface area contributed by atoms with E-state index in [2.05, 4.69) is 73.8 Å². The molecule has 5 nitrogen and oxygen atoms in total. The number of nitrogens with zero attached hydrogens (tertiary/aromatic N) is 2. The fourth-order valence-electron chi connectivity index (χ4n) is 3.47. The third-order valence-electron chi connectivity index (χ3n) is 5.95. The highest BCUT2D eigenvalue weighted by Crippen LogP contribution is 2.21. The van der Waals surface area contributed by atoms with Gasteiger partial charge >= 0.3 is 5.97 Å². The lowest BCUT2D eigenvalue weighted by Crippen LogP contribution is -2.29. The van der Waals surface area contributed by atoms with Gasteiger partial charge < -0.3 is 15.7 Å². The molecule has 0 bridgehead atoms. The van der Waals surface area contributed by atoms with E-state index in [-0.39, 0.29) is 12.5 Å². The summed E-state index contributed by atoms with van der Waals surface area (Å²) >= 11 is 1.68. The van der Waals surface area contributed by atoms with Gasteiger partial charge in [0.1, 0.15) is 0 Å². The molecule has 0 fully saturated rings. The zero-order valence-corrected chi connectivity index (χ0v) is 20.9. The number of allylic oxidation sites excluding steroid dienone is 4. The van der Waals surface area contributed by atoms with E-state index in [9.17, 15) is 4.79 Å². The minimum absolute atomic E-state index is 0.222. The van der Waals surface area contributed by atoms with Gasteiger partial charge in [-0.15, -0.1) is 11.3 Å². The summed E-state index contributed by atoms with van der Waals surface area (Å²) in [6, 6.07) is 9.00. The molecular weight excluding hydrogens is 430 g/mol. The van der Waals surface area contributed by atoms with E-state index in [0.717, 1.165) is 42.0 Å². The van der Waals surface area contributed by atoms with Crippen molar-refractivity contribution in [3.8, 4) is 0 Å². The van der Waals surface area contributed by atoms with Crippen molar-refractivity contribution in [3.63, 3.8) is 0 Å². The molecule has 6 heteroatoms. The van der Waals surface area contributed by atoms with Crippen LogP contribution in [0.25, 0.3) is 0 Å². The Balaban J connectivity index is 1.91. The van der Waals surface area contributed by atoms with E-state index < -0.39 is 5.97 Å². The van der Waals surface area contributed by atoms with Gasteiger partial charge in [-0.05, 0) is 62.8 Å². The monoisotopic (exact) mass is 467 g/mol. The molecule has 0 spiro atoms. The first-order chi connectivity index (χ1) is 15.8. The number of rotatable bonds is 14. The van der Waals surface area contributed by atoms with Crippen molar-refractivity contribution < 1.29 is 9.90 Å². The lowest BCUT2D eigenvalue weighted by atomic mass is 10.0. The Labute approximate surface area is 202 Å². The molecule has 0 aliphatic carbocycles. The van der Waals surface area contributed by atoms with Crippen LogP contribution in [-0.2, 0) is 24.2 Å². The van der Waals surface area contributed by atoms with Crippen molar-refractivity contribution in [1.82, 2.24) is 4.98 Å². The topological polar surface area (TPSA) is 79.5 Å². The van der Waals surface area contributed by atoms with Gasteiger partial charge in [0.05, 0.1) is 10.7 Å². The lowest BCUT2D eigenvalue weighted by Gasteiger charge is -2.28. The molecule has 178 valence electrons. The van der Waals surface area contributed by atoms with Gasteiger partial charge in [-0.1, -0.05) is 42.5 Å². The molecule has 1 heterocycles. The predicted octanol–water partition coefficient (Wildman–Crippen LogP) is 5.92. The van der Waals surface area contributed by atoms with E-state index in [0.29, 0.717) is 13.0 Å². The summed E-state index contributed by atoms with van der Waals surface area (Å²) < 4.78 is 0. The molecule has 0 saturated heterocycles. The fourth-order valence-corrected chi connectivity index (χ4v) is 4.28. The molecule has 0 aliphatic rings. The molecule has 1 aromatic heterocycles. The number of anilines is 1. The number of hydrogen-bond donors (Lipinski definition) is 2. The number of aliphatic carboxylic acids is 1. The number of aryl methyl sites for hydroxylation is 2. The minimum atomic E-state index is -0.736. The maximum atomic E-state index is 10.7. The Hall–Kier alpha value is -2.70. The maximum Gasteiger partial charge on any atom is 0.303 e. The molecule has 2 rings (SSSR count). The van der Waals surface area contributed by atoms with Crippen molar-refractivity contribution in [2.24, 2.45) is 5.73 Å². The zero-order valence-electron chi connectivity index (χ0n) is 20.1. The number of likely N-dealkylation sites (N-methyl/N-ethyl adjacent to an activating group) is 1. The van der Waals surface area contributed by atoms with Gasteiger partial charge in [-0.25, -0.2) is 4.98 Å². The lowest BCUT2D eigenvalue weighted by molar-refractivity contribution is -0.137. The SMILES string of the molecule is C=C/C(=C\C=C(/C)C(C)N(C)c1ccc(CCc2nc(CN)cs2)cc1)CCCCC(=O)O. The van der Waals surface area contributed by atoms with Crippen LogP contribution in [0.15, 0.2) is 65.6 Å². The summed E-state index contributed by atoms with van der Waals surface area (Å²) in [5.41, 5.74) is 11.5. The van der Waals surface area contributed by atoms with E-state index in [1.165, 1.54) is 16.8 Å². The Morgan fingerprint density at radius 3 is 2.52 bits per heavy atom. The quantitative estimate of drug-likeness (QED) is 0.266. The molecule has 2 aromatic rings. The van der Waals surface area contributed by atoms with Gasteiger partial charge in [0, 0.05) is 43.5 Å². The molecule has 1 unspecified atom stereocenters. The Morgan fingerprint density at radius 2 is 1.91 bits per heavy atom. The number of carbonyl (C=O) groups is 1. The van der Waals surface area contributed by atoms with Crippen LogP contribution in [0.1, 0.15) is 55.8 Å². The predicted molar refractivity (Wildman–Crippen MR) is 140 cm³/mol. The summed E-state index contributed by atoms with van der Waals surface area (Å²) in [6.45, 7) is 8.74. The van der Waals surface area contributed by atoms with Crippen LogP contribution in [-0.4, -0.2) is 29.1 Å². The third-order valence-corrected chi connectivity index (χ3v) is 6.91. The Bertz CT molecular complexity index is 960. The highest BCUT2D eigenvalue weighted by Gasteiger charge is 2.12. The van der Waals surface area contributed by atoms with Crippen molar-refractivity contribution >= 4 is 23.0 Å². The standard InChI is InChI=1S/C27H37N3O2S/c1-5-22(8-6-7-9-27(31)32)11-10-20(2)21(3)30(4)25-15-12-23(13-16-25)14-17-26-29-24(18-28)19-33-26/h5,10-13,15-16,19,21H,1,6-9,14,17-18,28H2,2-4H3,(H,31,32)/b20-10+,22-11+. The number of benzene rings is 1. The first-order valence-electron chi connectivity index (χ1n) is 11.5. The number of nitrogens with two attached hydrogens (primary N) is 1. The van der Waals surface area contributed by atoms with Crippen LogP contribution >= 0.6 is 11.3 Å². The van der Waals surface area contributed by atoms with Crippen LogP contribution in [0, 0.1) is 0 Å². The van der Waals surface area contributed by atoms with E-state index in [1.807, 2.05) is 11.5 Å². The second kappa shape index (κ2) is 13.8. The van der Waals surface area contributed by atoms with Crippen LogP contribution in [0.5, 0.6) is 0 Å². The van der Waals surface area contributed by atoms with Crippen molar-refractivity contribution in [1.29, 1.82) is 0 Å². The molecule has 33 heavy (non-hydrogen) atoms. The first-order valence-corrected chi connectivity index (χ1v) is 12.4. The minimum Gasteiger partial charge on any atom is -0.481 e. The highest BCUT2D eigenvalue weighted by atomic mass is 32.1. The number of hydrogen-bond acceptors (Lipinski definition) is 5. The van der Waals surface area contributed by atoms with E-state index in [4.69, 9.17) is 10.8 Å². The number of aromatic nitrogens is 1. The Kier molecular flexibility index (Phi) is 11.1. The number of carboxylic acid groups (broad SMARTS) is 1. The number of thiazole rings is 1. The van der Waals surface area contributed by atoms with Crippen molar-refractivity contribution in [2.75, 3.05) is 11.9 Å². The van der Waals surface area contributed by atoms with Crippen molar-refractivity contribution in [3.05, 3.63) is 81.9 Å². The summed E-state index contributed by atoms with van der Waals surface area (Å²) in [7, 11) is 2.12. The highest BCUT2D eigenvalue weighted by molar-refractivity contribution is 7.09. The molecule has 1 aromatic carbocycles. The van der Waals surface area contributed by atoms with Gasteiger partial charge in [0.2, 0.25) is 0 Å². The molecular formula is C27H37N3O2S. The van der Waals surface area contributed by atoms with Crippen LogP contribution in [0.2, 0.25) is 0 Å². The maximum absolute atomic E-state index is 10.7. The van der Waals surface area contributed by atoms with Gasteiger partial charge in [-0.2, -0.15) is 0 Å². The second-order valence-electron chi connectivity index (χ2n) is 8.35. The normalized spacial score (nSPS) is 13.1. The smallest absolute Gasteiger partial charge is 0.303 e. The molecule has 0 radical (unpaired) electrons. The number of carboxylic acids is 1. The second-order valence-corrected chi connectivity index (χ2v) is 9.29. The number of unbranched alkanes of at least 4 members (excludes halogenated alkanes) is 1. The average molecular weight is 468 g/mol. The summed E-state index contributed by atoms with van der Waals surface area (Å²) in [4.78, 5) is 17.5. The summed E-state index contributed by atoms with van der Waals surface area (Å²) in [5, 5.41) is 11.9. The van der Waals surface area contributed by atoms with E-state index in [1.54, 1.807) is 11.3 Å². The average Bonchev–Trinajstić information content (AvgIpc) is 3.29. The summed E-state index contributed by atoms with van der Waals surface area (Å²) in [6.07, 6.45) is 10.6. The largest absolute Gasteiger partial charge is 0.481 e. The molecule has 3 N–H and O–H groups in total. The first kappa shape index (κ1) is 26.6. The van der Waals surface area contributed by atoms with Gasteiger partial charge in [0.15, 0.2) is 0 Å². The van der Waals surface area contributed by atoms with Gasteiger partial charge in [0.25, 0.3) is 0 Å². The van der Waals surface area contributed by atoms with Crippen LogP contribution in [0.3, 0.4) is 0 Å². The van der Waals surface area contributed by atoms with Crippen LogP contribution in [0.4, 0.5) is 5.69 Å². The third kappa shape index (κ3) is 8.98. The molecule has 0 amide bonds. The summed E-state index contributed by atoms with van der Waals surface area (Å²) in [5.74, 6) is -0.736. The fraction of sp³-hybridized carbons (Fsp3) is 0.407. The molecule has 0 aliphatic heterocycles. The van der Waals surface area contributed by atoms with E-state index >= 15 is 0 Å². The van der Waals surface area contributed by atoms with Crippen LogP contribution < -0.4 is 10.6 Å².